The van der Waals surface area contributed by atoms with Crippen LogP contribution >= 0.6 is 0 Å². The van der Waals surface area contributed by atoms with E-state index in [2.05, 4.69) is 37.9 Å². The van der Waals surface area contributed by atoms with Crippen LogP contribution in [0.4, 0.5) is 0 Å². The predicted molar refractivity (Wildman–Crippen MR) is 83.1 cm³/mol. The molecular weight excluding hydrogens is 252 g/mol. The minimum Gasteiger partial charge on any atom is -0.497 e. The summed E-state index contributed by atoms with van der Waals surface area (Å²) in [7, 11) is 5.51. The largest absolute Gasteiger partial charge is 0.497 e. The highest BCUT2D eigenvalue weighted by molar-refractivity contribution is 5.31. The Morgan fingerprint density at radius 2 is 2.00 bits per heavy atom. The average Bonchev–Trinajstić information content (AvgIpc) is 2.47. The summed E-state index contributed by atoms with van der Waals surface area (Å²) in [6.45, 7) is 4.96. The zero-order chi connectivity index (χ0) is 15.1. The van der Waals surface area contributed by atoms with E-state index >= 15 is 0 Å². The number of hydrogen-bond donors (Lipinski definition) is 1. The summed E-state index contributed by atoms with van der Waals surface area (Å²) in [6.07, 6.45) is 0.923. The third-order valence-corrected chi connectivity index (χ3v) is 3.85. The van der Waals surface area contributed by atoms with Gasteiger partial charge in [-0.25, -0.2) is 0 Å². The third kappa shape index (κ3) is 4.20. The van der Waals surface area contributed by atoms with E-state index in [1.807, 2.05) is 12.1 Å². The fourth-order valence-electron chi connectivity index (χ4n) is 2.47. The number of likely N-dealkylation sites (N-methyl/N-ethyl adjacent to an activating group) is 1. The van der Waals surface area contributed by atoms with E-state index in [0.717, 1.165) is 12.2 Å². The summed E-state index contributed by atoms with van der Waals surface area (Å²) < 4.78 is 10.6. The monoisotopic (exact) mass is 280 g/mol. The van der Waals surface area contributed by atoms with Gasteiger partial charge in [-0.05, 0) is 38.1 Å². The van der Waals surface area contributed by atoms with E-state index in [9.17, 15) is 0 Å². The van der Waals surface area contributed by atoms with Gasteiger partial charge in [-0.3, -0.25) is 4.90 Å². The molecule has 0 aliphatic heterocycles. The molecule has 0 amide bonds. The molecule has 3 atom stereocenters. The van der Waals surface area contributed by atoms with Crippen molar-refractivity contribution in [3.63, 3.8) is 0 Å². The normalized spacial score (nSPS) is 15.9. The van der Waals surface area contributed by atoms with Crippen LogP contribution in [0.15, 0.2) is 24.3 Å². The molecule has 3 unspecified atom stereocenters. The summed E-state index contributed by atoms with van der Waals surface area (Å²) in [5.41, 5.74) is 7.54. The third-order valence-electron chi connectivity index (χ3n) is 3.85. The number of nitrogens with zero attached hydrogens (tertiary/aromatic N) is 1. The Kier molecular flexibility index (Phi) is 6.99. The van der Waals surface area contributed by atoms with Crippen molar-refractivity contribution in [3.05, 3.63) is 29.8 Å². The molecule has 1 rings (SSSR count). The molecule has 0 aliphatic carbocycles. The lowest BCUT2D eigenvalue weighted by Gasteiger charge is -2.36. The summed E-state index contributed by atoms with van der Waals surface area (Å²) in [6, 6.07) is 8.67. The summed E-state index contributed by atoms with van der Waals surface area (Å²) in [4.78, 5) is 2.28. The fourth-order valence-corrected chi connectivity index (χ4v) is 2.47. The van der Waals surface area contributed by atoms with Crippen molar-refractivity contribution >= 4 is 0 Å². The standard InChI is InChI=1S/C16H28N2O2/c1-6-15(17)16(18(3)12(2)11-19-4)13-8-7-9-14(10-13)20-5/h7-10,12,15-16H,6,11,17H2,1-5H3. The highest BCUT2D eigenvalue weighted by Crippen LogP contribution is 2.28. The van der Waals surface area contributed by atoms with Crippen LogP contribution in [0.3, 0.4) is 0 Å². The Morgan fingerprint density at radius 1 is 1.30 bits per heavy atom. The van der Waals surface area contributed by atoms with Crippen molar-refractivity contribution in [2.75, 3.05) is 27.9 Å². The highest BCUT2D eigenvalue weighted by Gasteiger charge is 2.26. The van der Waals surface area contributed by atoms with Gasteiger partial charge >= 0.3 is 0 Å². The van der Waals surface area contributed by atoms with Crippen LogP contribution in [0.1, 0.15) is 31.9 Å². The first-order valence-corrected chi connectivity index (χ1v) is 7.15. The predicted octanol–water partition coefficient (Wildman–Crippen LogP) is 2.44. The lowest BCUT2D eigenvalue weighted by molar-refractivity contribution is 0.0793. The number of nitrogens with two attached hydrogens (primary N) is 1. The summed E-state index contributed by atoms with van der Waals surface area (Å²) >= 11 is 0. The van der Waals surface area contributed by atoms with Crippen LogP contribution in [0.25, 0.3) is 0 Å². The topological polar surface area (TPSA) is 47.7 Å². The van der Waals surface area contributed by atoms with Crippen molar-refractivity contribution in [1.29, 1.82) is 0 Å². The number of rotatable bonds is 8. The minimum absolute atomic E-state index is 0.0754. The van der Waals surface area contributed by atoms with Gasteiger partial charge in [0.1, 0.15) is 5.75 Å². The van der Waals surface area contributed by atoms with Crippen molar-refractivity contribution < 1.29 is 9.47 Å². The van der Waals surface area contributed by atoms with Gasteiger partial charge in [-0.15, -0.1) is 0 Å². The van der Waals surface area contributed by atoms with Gasteiger partial charge in [0, 0.05) is 19.2 Å². The van der Waals surface area contributed by atoms with Gasteiger partial charge in [0.05, 0.1) is 19.8 Å². The first kappa shape index (κ1) is 17.0. The Bertz CT molecular complexity index is 398. The number of methoxy groups -OCH3 is 2. The van der Waals surface area contributed by atoms with Gasteiger partial charge in [-0.2, -0.15) is 0 Å². The van der Waals surface area contributed by atoms with Gasteiger partial charge in [0.25, 0.3) is 0 Å². The van der Waals surface area contributed by atoms with Crippen LogP contribution in [-0.4, -0.2) is 44.9 Å². The molecule has 0 aliphatic rings. The van der Waals surface area contributed by atoms with E-state index in [0.29, 0.717) is 12.6 Å². The van der Waals surface area contributed by atoms with Gasteiger partial charge in [0.15, 0.2) is 0 Å². The molecule has 4 heteroatoms. The van der Waals surface area contributed by atoms with E-state index < -0.39 is 0 Å². The Balaban J connectivity index is 3.04. The maximum Gasteiger partial charge on any atom is 0.119 e. The van der Waals surface area contributed by atoms with Crippen LogP contribution in [-0.2, 0) is 4.74 Å². The summed E-state index contributed by atoms with van der Waals surface area (Å²) in [5.74, 6) is 0.864. The molecule has 0 heterocycles. The second-order valence-electron chi connectivity index (χ2n) is 5.26. The van der Waals surface area contributed by atoms with Crippen LogP contribution in [0, 0.1) is 0 Å². The first-order chi connectivity index (χ1) is 9.54. The summed E-state index contributed by atoms with van der Waals surface area (Å²) in [5, 5.41) is 0. The van der Waals surface area contributed by atoms with Crippen molar-refractivity contribution in [1.82, 2.24) is 4.90 Å². The van der Waals surface area contributed by atoms with Crippen molar-refractivity contribution in [2.45, 2.75) is 38.4 Å². The maximum atomic E-state index is 6.35. The number of benzene rings is 1. The van der Waals surface area contributed by atoms with Crippen LogP contribution in [0.5, 0.6) is 5.75 Å². The molecular formula is C16H28N2O2. The smallest absolute Gasteiger partial charge is 0.119 e. The molecule has 0 bridgehead atoms. The molecule has 0 saturated heterocycles. The number of hydrogen-bond acceptors (Lipinski definition) is 4. The minimum atomic E-state index is 0.0754. The van der Waals surface area contributed by atoms with Crippen LogP contribution < -0.4 is 10.5 Å². The molecule has 0 radical (unpaired) electrons. The molecule has 114 valence electrons. The lowest BCUT2D eigenvalue weighted by atomic mass is 9.95. The highest BCUT2D eigenvalue weighted by atomic mass is 16.5. The Labute approximate surface area is 122 Å². The van der Waals surface area contributed by atoms with E-state index in [1.165, 1.54) is 5.56 Å². The average molecular weight is 280 g/mol. The SMILES string of the molecule is CCC(N)C(c1cccc(OC)c1)N(C)C(C)COC. The fraction of sp³-hybridized carbons (Fsp3) is 0.625. The molecule has 1 aromatic carbocycles. The van der Waals surface area contributed by atoms with Gasteiger partial charge < -0.3 is 15.2 Å². The molecule has 0 fully saturated rings. The van der Waals surface area contributed by atoms with Gasteiger partial charge in [0.2, 0.25) is 0 Å². The number of ether oxygens (including phenoxy) is 2. The molecule has 0 aromatic heterocycles. The van der Waals surface area contributed by atoms with E-state index in [1.54, 1.807) is 14.2 Å². The van der Waals surface area contributed by atoms with Crippen LogP contribution in [0.2, 0.25) is 0 Å². The molecule has 2 N–H and O–H groups in total. The van der Waals surface area contributed by atoms with Crippen molar-refractivity contribution in [2.24, 2.45) is 5.73 Å². The molecule has 20 heavy (non-hydrogen) atoms. The first-order valence-electron chi connectivity index (χ1n) is 7.15. The molecule has 0 saturated carbocycles. The second-order valence-corrected chi connectivity index (χ2v) is 5.26. The molecule has 1 aromatic rings. The lowest BCUT2D eigenvalue weighted by Crippen LogP contribution is -2.44. The quantitative estimate of drug-likeness (QED) is 0.794. The zero-order valence-electron chi connectivity index (χ0n) is 13.3. The van der Waals surface area contributed by atoms with Crippen molar-refractivity contribution in [3.8, 4) is 5.75 Å². The van der Waals surface area contributed by atoms with Gasteiger partial charge in [-0.1, -0.05) is 19.1 Å². The van der Waals surface area contributed by atoms with E-state index in [4.69, 9.17) is 15.2 Å². The molecule has 4 nitrogen and oxygen atoms in total. The maximum absolute atomic E-state index is 6.35. The Morgan fingerprint density at radius 3 is 2.55 bits per heavy atom. The second kappa shape index (κ2) is 8.25. The zero-order valence-corrected chi connectivity index (χ0v) is 13.3. The molecule has 0 spiro atoms. The van der Waals surface area contributed by atoms with E-state index in [-0.39, 0.29) is 12.1 Å². The Hall–Kier alpha value is -1.10.